The van der Waals surface area contributed by atoms with Crippen molar-refractivity contribution in [3.05, 3.63) is 0 Å². The first-order valence-corrected chi connectivity index (χ1v) is 6.16. The number of carboxylic acids is 1. The highest BCUT2D eigenvalue weighted by Gasteiger charge is 2.43. The van der Waals surface area contributed by atoms with Crippen LogP contribution in [-0.4, -0.2) is 73.7 Å². The zero-order valence-electron chi connectivity index (χ0n) is 8.97. The molecule has 0 aromatic carbocycles. The Kier molecular flexibility index (Phi) is 5.63. The summed E-state index contributed by atoms with van der Waals surface area (Å²) >= 11 is 1.02. The maximum Gasteiger partial charge on any atom is 0.304 e. The van der Waals surface area contributed by atoms with Crippen molar-refractivity contribution in [2.24, 2.45) is 0 Å². The largest absolute Gasteiger partial charge is 0.481 e. The lowest BCUT2D eigenvalue weighted by atomic mass is 10.0. The average molecular weight is 268 g/mol. The standard InChI is InChI=1S/C9H16O7S/c10-3-4-6(13)7(14)8(15)9(16-4)17-2-1-5(11)12/h4,6-10,13-15H,1-3H2,(H,11,12)/t4-,6+,7+,8-,9-/m0/s1. The van der Waals surface area contributed by atoms with E-state index in [1.807, 2.05) is 0 Å². The molecule has 0 spiro atoms. The molecule has 17 heavy (non-hydrogen) atoms. The Morgan fingerprint density at radius 1 is 1.18 bits per heavy atom. The summed E-state index contributed by atoms with van der Waals surface area (Å²) in [6.45, 7) is -0.485. The van der Waals surface area contributed by atoms with Crippen LogP contribution in [-0.2, 0) is 9.53 Å². The van der Waals surface area contributed by atoms with E-state index in [2.05, 4.69) is 0 Å². The molecule has 0 bridgehead atoms. The second-order valence-electron chi connectivity index (χ2n) is 3.71. The summed E-state index contributed by atoms with van der Waals surface area (Å²) in [5.41, 5.74) is -0.857. The number of carboxylic acid groups (broad SMARTS) is 1. The highest BCUT2D eigenvalue weighted by Crippen LogP contribution is 2.28. The molecular formula is C9H16O7S. The third-order valence-corrected chi connectivity index (χ3v) is 3.60. The maximum absolute atomic E-state index is 10.3. The fraction of sp³-hybridized carbons (Fsp3) is 0.889. The van der Waals surface area contributed by atoms with E-state index >= 15 is 0 Å². The minimum Gasteiger partial charge on any atom is -0.481 e. The van der Waals surface area contributed by atoms with E-state index in [4.69, 9.17) is 14.9 Å². The number of carbonyl (C=O) groups is 1. The van der Waals surface area contributed by atoms with E-state index in [0.717, 1.165) is 11.8 Å². The Bertz CT molecular complexity index is 260. The van der Waals surface area contributed by atoms with Crippen LogP contribution in [0, 0.1) is 0 Å². The molecule has 5 N–H and O–H groups in total. The predicted octanol–water partition coefficient (Wildman–Crippen LogP) is -2.01. The van der Waals surface area contributed by atoms with Gasteiger partial charge in [-0.2, -0.15) is 0 Å². The molecule has 0 unspecified atom stereocenters. The molecule has 0 radical (unpaired) electrons. The monoisotopic (exact) mass is 268 g/mol. The molecule has 1 fully saturated rings. The second kappa shape index (κ2) is 6.53. The molecular weight excluding hydrogens is 252 g/mol. The smallest absolute Gasteiger partial charge is 0.304 e. The molecule has 1 aliphatic rings. The van der Waals surface area contributed by atoms with Gasteiger partial charge in [0.05, 0.1) is 13.0 Å². The van der Waals surface area contributed by atoms with Crippen LogP contribution in [0.25, 0.3) is 0 Å². The summed E-state index contributed by atoms with van der Waals surface area (Å²) in [7, 11) is 0. The molecule has 1 saturated heterocycles. The number of hydrogen-bond donors (Lipinski definition) is 5. The van der Waals surface area contributed by atoms with Crippen LogP contribution in [0.3, 0.4) is 0 Å². The highest BCUT2D eigenvalue weighted by molar-refractivity contribution is 7.99. The Balaban J connectivity index is 2.50. The van der Waals surface area contributed by atoms with E-state index in [1.54, 1.807) is 0 Å². The number of ether oxygens (including phenoxy) is 1. The van der Waals surface area contributed by atoms with Crippen molar-refractivity contribution in [3.63, 3.8) is 0 Å². The normalized spacial score (nSPS) is 38.0. The van der Waals surface area contributed by atoms with E-state index < -0.39 is 42.4 Å². The highest BCUT2D eigenvalue weighted by atomic mass is 32.2. The quantitative estimate of drug-likeness (QED) is 0.387. The average Bonchev–Trinajstić information content (AvgIpc) is 2.29. The van der Waals surface area contributed by atoms with Crippen molar-refractivity contribution in [2.45, 2.75) is 36.3 Å². The van der Waals surface area contributed by atoms with Gasteiger partial charge in [-0.1, -0.05) is 0 Å². The summed E-state index contributed by atoms with van der Waals surface area (Å²) < 4.78 is 5.17. The number of aliphatic hydroxyl groups is 4. The summed E-state index contributed by atoms with van der Waals surface area (Å²) in [6.07, 6.45) is -5.16. The van der Waals surface area contributed by atoms with Gasteiger partial charge in [-0.15, -0.1) is 11.8 Å². The van der Waals surface area contributed by atoms with E-state index in [9.17, 15) is 20.1 Å². The van der Waals surface area contributed by atoms with Crippen molar-refractivity contribution >= 4 is 17.7 Å². The third-order valence-electron chi connectivity index (χ3n) is 2.45. The van der Waals surface area contributed by atoms with E-state index in [1.165, 1.54) is 0 Å². The summed E-state index contributed by atoms with van der Waals surface area (Å²) in [5.74, 6) is -0.764. The van der Waals surface area contributed by atoms with Gasteiger partial charge in [-0.25, -0.2) is 0 Å². The first-order valence-electron chi connectivity index (χ1n) is 5.11. The van der Waals surface area contributed by atoms with Crippen molar-refractivity contribution in [3.8, 4) is 0 Å². The number of hydrogen-bond acceptors (Lipinski definition) is 7. The topological polar surface area (TPSA) is 127 Å². The summed E-state index contributed by atoms with van der Waals surface area (Å²) in [4.78, 5) is 10.3. The van der Waals surface area contributed by atoms with Gasteiger partial charge in [-0.05, 0) is 0 Å². The van der Waals surface area contributed by atoms with Crippen LogP contribution >= 0.6 is 11.8 Å². The zero-order chi connectivity index (χ0) is 13.0. The van der Waals surface area contributed by atoms with Gasteiger partial charge in [0.1, 0.15) is 29.9 Å². The number of rotatable bonds is 5. The molecule has 0 aromatic heterocycles. The number of thioether (sulfide) groups is 1. The van der Waals surface area contributed by atoms with Crippen molar-refractivity contribution in [1.82, 2.24) is 0 Å². The minimum atomic E-state index is -1.41. The van der Waals surface area contributed by atoms with Gasteiger partial charge in [0.2, 0.25) is 0 Å². The van der Waals surface area contributed by atoms with Gasteiger partial charge >= 0.3 is 5.97 Å². The SMILES string of the molecule is O=C(O)CCS[C@@H]1O[C@@H](CO)[C@@H](O)[C@@H](O)[C@@H]1O. The summed E-state index contributed by atoms with van der Waals surface area (Å²) in [5, 5.41) is 45.9. The molecule has 0 aliphatic carbocycles. The molecule has 0 aromatic rings. The Morgan fingerprint density at radius 2 is 1.82 bits per heavy atom. The zero-order valence-corrected chi connectivity index (χ0v) is 9.79. The van der Waals surface area contributed by atoms with Crippen molar-refractivity contribution in [1.29, 1.82) is 0 Å². The fourth-order valence-corrected chi connectivity index (χ4v) is 2.57. The van der Waals surface area contributed by atoms with Crippen LogP contribution in [0.2, 0.25) is 0 Å². The first kappa shape index (κ1) is 14.7. The fourth-order valence-electron chi connectivity index (χ4n) is 1.47. The molecule has 0 amide bonds. The second-order valence-corrected chi connectivity index (χ2v) is 4.92. The van der Waals surface area contributed by atoms with Gasteiger partial charge in [-0.3, -0.25) is 4.79 Å². The predicted molar refractivity (Wildman–Crippen MR) is 58.5 cm³/mol. The maximum atomic E-state index is 10.3. The molecule has 100 valence electrons. The molecule has 0 saturated carbocycles. The van der Waals surface area contributed by atoms with Crippen molar-refractivity contribution in [2.75, 3.05) is 12.4 Å². The van der Waals surface area contributed by atoms with Crippen LogP contribution < -0.4 is 0 Å². The molecule has 5 atom stereocenters. The molecule has 1 aliphatic heterocycles. The lowest BCUT2D eigenvalue weighted by molar-refractivity contribution is -0.205. The van der Waals surface area contributed by atoms with E-state index in [-0.39, 0.29) is 12.2 Å². The van der Waals surface area contributed by atoms with Crippen molar-refractivity contribution < 1.29 is 35.1 Å². The molecule has 1 rings (SSSR count). The van der Waals surface area contributed by atoms with Crippen LogP contribution in [0.5, 0.6) is 0 Å². The van der Waals surface area contributed by atoms with E-state index in [0.29, 0.717) is 0 Å². The van der Waals surface area contributed by atoms with Gasteiger partial charge in [0.15, 0.2) is 0 Å². The van der Waals surface area contributed by atoms with Gasteiger partial charge in [0.25, 0.3) is 0 Å². The van der Waals surface area contributed by atoms with Crippen LogP contribution in [0.15, 0.2) is 0 Å². The molecule has 7 nitrogen and oxygen atoms in total. The van der Waals surface area contributed by atoms with Crippen LogP contribution in [0.1, 0.15) is 6.42 Å². The third kappa shape index (κ3) is 3.80. The van der Waals surface area contributed by atoms with Gasteiger partial charge < -0.3 is 30.3 Å². The Hall–Kier alpha value is -0.380. The Morgan fingerprint density at radius 3 is 2.35 bits per heavy atom. The number of aliphatic hydroxyl groups excluding tert-OH is 4. The van der Waals surface area contributed by atoms with Gasteiger partial charge in [0, 0.05) is 5.75 Å². The lowest BCUT2D eigenvalue weighted by Crippen LogP contribution is -2.57. The lowest BCUT2D eigenvalue weighted by Gasteiger charge is -2.39. The minimum absolute atomic E-state index is 0.0975. The molecule has 8 heteroatoms. The first-order chi connectivity index (χ1) is 7.97. The Labute approximate surface area is 102 Å². The van der Waals surface area contributed by atoms with Crippen LogP contribution in [0.4, 0.5) is 0 Å². The molecule has 1 heterocycles. The number of aliphatic carboxylic acids is 1. The summed E-state index contributed by atoms with van der Waals surface area (Å²) in [6, 6.07) is 0.